The molecule has 90 valence electrons. The normalized spacial score (nSPS) is 10.9. The third kappa shape index (κ3) is 1.78. The van der Waals surface area contributed by atoms with Crippen molar-refractivity contribution in [2.75, 3.05) is 0 Å². The van der Waals surface area contributed by atoms with Crippen LogP contribution in [0.4, 0.5) is 13.2 Å². The molecule has 0 aliphatic rings. The van der Waals surface area contributed by atoms with E-state index in [2.05, 4.69) is 10.2 Å². The summed E-state index contributed by atoms with van der Waals surface area (Å²) in [7, 11) is 1.57. The van der Waals surface area contributed by atoms with Gasteiger partial charge >= 0.3 is 0 Å². The van der Waals surface area contributed by atoms with Gasteiger partial charge in [-0.1, -0.05) is 0 Å². The second kappa shape index (κ2) is 4.17. The average Bonchev–Trinajstić information content (AvgIpc) is 2.68. The molecule has 2 N–H and O–H groups in total. The molecule has 1 heterocycles. The molecule has 0 saturated carbocycles. The number of nitrogens with two attached hydrogens (primary N) is 1. The van der Waals surface area contributed by atoms with Crippen molar-refractivity contribution in [1.82, 2.24) is 14.8 Å². The highest BCUT2D eigenvalue weighted by atomic mass is 19.2. The van der Waals surface area contributed by atoms with Gasteiger partial charge in [-0.3, -0.25) is 0 Å². The molecule has 1 aromatic heterocycles. The molecule has 4 nitrogen and oxygen atoms in total. The molecule has 17 heavy (non-hydrogen) atoms. The molecule has 0 aliphatic heterocycles. The topological polar surface area (TPSA) is 56.7 Å². The van der Waals surface area contributed by atoms with E-state index in [1.165, 1.54) is 4.57 Å². The van der Waals surface area contributed by atoms with E-state index in [0.717, 1.165) is 12.1 Å². The molecule has 0 bridgehead atoms. The highest BCUT2D eigenvalue weighted by Crippen LogP contribution is 2.24. The van der Waals surface area contributed by atoms with Crippen molar-refractivity contribution in [1.29, 1.82) is 0 Å². The zero-order valence-corrected chi connectivity index (χ0v) is 8.91. The van der Waals surface area contributed by atoms with E-state index in [1.807, 2.05) is 0 Å². The number of nitrogens with zero attached hydrogens (tertiary/aromatic N) is 3. The van der Waals surface area contributed by atoms with Gasteiger partial charge in [0.05, 0.1) is 12.1 Å². The third-order valence-electron chi connectivity index (χ3n) is 2.42. The van der Waals surface area contributed by atoms with Gasteiger partial charge < -0.3 is 10.3 Å². The molecule has 0 fully saturated rings. The molecule has 2 rings (SSSR count). The van der Waals surface area contributed by atoms with Crippen molar-refractivity contribution in [2.24, 2.45) is 12.8 Å². The molecule has 0 amide bonds. The minimum atomic E-state index is -1.53. The number of aromatic nitrogens is 3. The maximum atomic E-state index is 13.5. The summed E-state index contributed by atoms with van der Waals surface area (Å²) in [6.45, 7) is 0.120. The lowest BCUT2D eigenvalue weighted by Gasteiger charge is -2.04. The second-order valence-corrected chi connectivity index (χ2v) is 3.43. The van der Waals surface area contributed by atoms with Crippen molar-refractivity contribution in [2.45, 2.75) is 6.54 Å². The Morgan fingerprint density at radius 3 is 2.47 bits per heavy atom. The lowest BCUT2D eigenvalue weighted by atomic mass is 10.2. The monoisotopic (exact) mass is 242 g/mol. The van der Waals surface area contributed by atoms with Gasteiger partial charge in [0, 0.05) is 7.05 Å². The van der Waals surface area contributed by atoms with Crippen molar-refractivity contribution >= 4 is 0 Å². The Kier molecular flexibility index (Phi) is 2.84. The number of halogens is 3. The fraction of sp³-hybridized carbons (Fsp3) is 0.200. The van der Waals surface area contributed by atoms with Crippen LogP contribution >= 0.6 is 0 Å². The van der Waals surface area contributed by atoms with Gasteiger partial charge in [-0.2, -0.15) is 0 Å². The van der Waals surface area contributed by atoms with Crippen molar-refractivity contribution in [3.63, 3.8) is 0 Å². The molecular weight excluding hydrogens is 233 g/mol. The predicted molar refractivity (Wildman–Crippen MR) is 54.2 cm³/mol. The minimum absolute atomic E-state index is 0.0989. The van der Waals surface area contributed by atoms with Crippen LogP contribution in [0.25, 0.3) is 11.4 Å². The van der Waals surface area contributed by atoms with Gasteiger partial charge in [-0.15, -0.1) is 10.2 Å². The maximum Gasteiger partial charge on any atom is 0.195 e. The molecule has 1 aromatic carbocycles. The fourth-order valence-corrected chi connectivity index (χ4v) is 1.47. The Hall–Kier alpha value is -1.89. The van der Waals surface area contributed by atoms with Crippen LogP contribution in [-0.2, 0) is 13.6 Å². The molecule has 0 aliphatic carbocycles. The van der Waals surface area contributed by atoms with Gasteiger partial charge in [0.2, 0.25) is 0 Å². The van der Waals surface area contributed by atoms with Crippen molar-refractivity contribution < 1.29 is 13.2 Å². The lowest BCUT2D eigenvalue weighted by molar-refractivity contribution is 0.448. The van der Waals surface area contributed by atoms with Gasteiger partial charge in [-0.25, -0.2) is 13.2 Å². The summed E-state index contributed by atoms with van der Waals surface area (Å²) in [5.74, 6) is -3.54. The first-order valence-corrected chi connectivity index (χ1v) is 4.78. The fourth-order valence-electron chi connectivity index (χ4n) is 1.47. The highest BCUT2D eigenvalue weighted by Gasteiger charge is 2.19. The predicted octanol–water partition coefficient (Wildman–Crippen LogP) is 1.36. The highest BCUT2D eigenvalue weighted by molar-refractivity contribution is 5.56. The van der Waals surface area contributed by atoms with Gasteiger partial charge in [0.1, 0.15) is 5.82 Å². The Bertz CT molecular complexity index is 565. The summed E-state index contributed by atoms with van der Waals surface area (Å²) >= 11 is 0. The standard InChI is InChI=1S/C10H9F3N4/c1-17-7(4-14)15-16-10(17)5-2-3-6(11)9(13)8(5)12/h2-3H,4,14H2,1H3. The van der Waals surface area contributed by atoms with Gasteiger partial charge in [0.15, 0.2) is 23.3 Å². The molecule has 2 aromatic rings. The first-order chi connectivity index (χ1) is 8.06. The van der Waals surface area contributed by atoms with E-state index >= 15 is 0 Å². The maximum absolute atomic E-state index is 13.5. The van der Waals surface area contributed by atoms with Crippen LogP contribution < -0.4 is 5.73 Å². The molecule has 7 heteroatoms. The van der Waals surface area contributed by atoms with E-state index < -0.39 is 17.5 Å². The van der Waals surface area contributed by atoms with Crippen LogP contribution in [0.2, 0.25) is 0 Å². The molecule has 0 atom stereocenters. The Morgan fingerprint density at radius 2 is 1.88 bits per heavy atom. The average molecular weight is 242 g/mol. The van der Waals surface area contributed by atoms with Crippen LogP contribution in [-0.4, -0.2) is 14.8 Å². The summed E-state index contributed by atoms with van der Waals surface area (Å²) < 4.78 is 40.8. The Balaban J connectivity index is 2.61. The van der Waals surface area contributed by atoms with E-state index in [9.17, 15) is 13.2 Å². The molecular formula is C10H9F3N4. The summed E-state index contributed by atoms with van der Waals surface area (Å²) in [6, 6.07) is 1.95. The van der Waals surface area contributed by atoms with Crippen LogP contribution in [0.1, 0.15) is 5.82 Å². The second-order valence-electron chi connectivity index (χ2n) is 3.43. The van der Waals surface area contributed by atoms with E-state index in [4.69, 9.17) is 5.73 Å². The minimum Gasteiger partial charge on any atom is -0.324 e. The number of hydrogen-bond acceptors (Lipinski definition) is 3. The van der Waals surface area contributed by atoms with Crippen molar-refractivity contribution in [3.05, 3.63) is 35.4 Å². The Morgan fingerprint density at radius 1 is 1.18 bits per heavy atom. The summed E-state index contributed by atoms with van der Waals surface area (Å²) in [5, 5.41) is 7.40. The SMILES string of the molecule is Cn1c(CN)nnc1-c1ccc(F)c(F)c1F. The molecule has 0 saturated heterocycles. The van der Waals surface area contributed by atoms with Crippen molar-refractivity contribution in [3.8, 4) is 11.4 Å². The first-order valence-electron chi connectivity index (χ1n) is 4.78. The van der Waals surface area contributed by atoms with E-state index in [0.29, 0.717) is 5.82 Å². The zero-order chi connectivity index (χ0) is 12.6. The van der Waals surface area contributed by atoms with Gasteiger partial charge in [-0.05, 0) is 12.1 Å². The van der Waals surface area contributed by atoms with Crippen LogP contribution in [0.15, 0.2) is 12.1 Å². The molecule has 0 radical (unpaired) electrons. The van der Waals surface area contributed by atoms with Crippen LogP contribution in [0.3, 0.4) is 0 Å². The summed E-state index contributed by atoms with van der Waals surface area (Å²) in [6.07, 6.45) is 0. The Labute approximate surface area is 94.9 Å². The largest absolute Gasteiger partial charge is 0.324 e. The lowest BCUT2D eigenvalue weighted by Crippen LogP contribution is -2.06. The van der Waals surface area contributed by atoms with E-state index in [-0.39, 0.29) is 17.9 Å². The molecule has 0 spiro atoms. The quantitative estimate of drug-likeness (QED) is 0.809. The molecule has 0 unspecified atom stereocenters. The zero-order valence-electron chi connectivity index (χ0n) is 8.91. The number of hydrogen-bond donors (Lipinski definition) is 1. The smallest absolute Gasteiger partial charge is 0.195 e. The van der Waals surface area contributed by atoms with Crippen LogP contribution in [0, 0.1) is 17.5 Å². The number of rotatable bonds is 2. The van der Waals surface area contributed by atoms with E-state index in [1.54, 1.807) is 7.05 Å². The third-order valence-corrected chi connectivity index (χ3v) is 2.42. The number of benzene rings is 1. The first kappa shape index (κ1) is 11.6. The van der Waals surface area contributed by atoms with Gasteiger partial charge in [0.25, 0.3) is 0 Å². The summed E-state index contributed by atoms with van der Waals surface area (Å²) in [4.78, 5) is 0. The summed E-state index contributed by atoms with van der Waals surface area (Å²) in [5.41, 5.74) is 5.23. The van der Waals surface area contributed by atoms with Crippen LogP contribution in [0.5, 0.6) is 0 Å².